The Morgan fingerprint density at radius 3 is 2.40 bits per heavy atom. The summed E-state index contributed by atoms with van der Waals surface area (Å²) in [5.41, 5.74) is 7.47. The van der Waals surface area contributed by atoms with Gasteiger partial charge in [0.2, 0.25) is 0 Å². The molecule has 0 spiro atoms. The molecule has 0 radical (unpaired) electrons. The Kier molecular flexibility index (Phi) is 5.83. The lowest BCUT2D eigenvalue weighted by Gasteiger charge is -2.33. The number of methoxy groups -OCH3 is 2. The molecule has 0 aliphatic carbocycles. The Balaban J connectivity index is 1.81. The fraction of sp³-hybridized carbons (Fsp3) is 0.625. The first-order valence-electron chi connectivity index (χ1n) is 7.33. The molecule has 20 heavy (non-hydrogen) atoms. The van der Waals surface area contributed by atoms with E-state index in [-0.39, 0.29) is 6.04 Å². The average Bonchev–Trinajstić information content (AvgIpc) is 2.49. The van der Waals surface area contributed by atoms with Crippen LogP contribution in [-0.4, -0.2) is 45.4 Å². The van der Waals surface area contributed by atoms with E-state index in [1.54, 1.807) is 14.2 Å². The van der Waals surface area contributed by atoms with Gasteiger partial charge >= 0.3 is 0 Å². The molecule has 1 atom stereocenters. The number of hydrogen-bond acceptors (Lipinski definition) is 4. The van der Waals surface area contributed by atoms with E-state index >= 15 is 0 Å². The van der Waals surface area contributed by atoms with Crippen LogP contribution >= 0.6 is 0 Å². The highest BCUT2D eigenvalue weighted by Gasteiger charge is 2.20. The molecule has 112 valence electrons. The molecule has 0 aromatic heterocycles. The van der Waals surface area contributed by atoms with Crippen LogP contribution in [0.2, 0.25) is 0 Å². The molecule has 1 aromatic carbocycles. The second kappa shape index (κ2) is 7.62. The van der Waals surface area contributed by atoms with Gasteiger partial charge < -0.3 is 20.1 Å². The van der Waals surface area contributed by atoms with Crippen molar-refractivity contribution in [3.63, 3.8) is 0 Å². The smallest absolute Gasteiger partial charge is 0.118 e. The highest BCUT2D eigenvalue weighted by molar-refractivity contribution is 5.29. The van der Waals surface area contributed by atoms with E-state index in [1.807, 2.05) is 12.1 Å². The third kappa shape index (κ3) is 4.20. The van der Waals surface area contributed by atoms with Gasteiger partial charge in [-0.15, -0.1) is 0 Å². The van der Waals surface area contributed by atoms with Gasteiger partial charge in [-0.25, -0.2) is 0 Å². The van der Waals surface area contributed by atoms with E-state index in [1.165, 1.54) is 18.4 Å². The van der Waals surface area contributed by atoms with Gasteiger partial charge in [-0.3, -0.25) is 0 Å². The number of ether oxygens (including phenoxy) is 2. The van der Waals surface area contributed by atoms with Crippen LogP contribution in [-0.2, 0) is 4.74 Å². The van der Waals surface area contributed by atoms with Crippen molar-refractivity contribution < 1.29 is 9.47 Å². The van der Waals surface area contributed by atoms with Gasteiger partial charge in [-0.05, 0) is 49.5 Å². The summed E-state index contributed by atoms with van der Waals surface area (Å²) in [5, 5.41) is 0. The summed E-state index contributed by atoms with van der Waals surface area (Å²) in [6.45, 7) is 4.06. The predicted molar refractivity (Wildman–Crippen MR) is 81.0 cm³/mol. The van der Waals surface area contributed by atoms with E-state index in [9.17, 15) is 0 Å². The lowest BCUT2D eigenvalue weighted by molar-refractivity contribution is 0.0971. The molecule has 2 rings (SSSR count). The molecule has 0 bridgehead atoms. The molecule has 1 fully saturated rings. The molecular formula is C16H26N2O2. The summed E-state index contributed by atoms with van der Waals surface area (Å²) in [6, 6.07) is 8.13. The minimum atomic E-state index is 0.0693. The maximum Gasteiger partial charge on any atom is 0.118 e. The van der Waals surface area contributed by atoms with Gasteiger partial charge in [0.05, 0.1) is 7.11 Å². The summed E-state index contributed by atoms with van der Waals surface area (Å²) in [7, 11) is 3.46. The van der Waals surface area contributed by atoms with Gasteiger partial charge in [0.15, 0.2) is 0 Å². The minimum absolute atomic E-state index is 0.0693. The van der Waals surface area contributed by atoms with E-state index < -0.39 is 0 Å². The first-order valence-corrected chi connectivity index (χ1v) is 7.33. The van der Waals surface area contributed by atoms with Crippen LogP contribution in [0, 0.1) is 5.92 Å². The summed E-state index contributed by atoms with van der Waals surface area (Å²) >= 11 is 0. The van der Waals surface area contributed by atoms with Crippen molar-refractivity contribution in [1.29, 1.82) is 0 Å². The Labute approximate surface area is 121 Å². The second-order valence-electron chi connectivity index (χ2n) is 5.58. The zero-order valence-corrected chi connectivity index (χ0v) is 12.5. The van der Waals surface area contributed by atoms with Crippen molar-refractivity contribution in [1.82, 2.24) is 4.90 Å². The highest BCUT2D eigenvalue weighted by Crippen LogP contribution is 2.21. The molecule has 1 aliphatic heterocycles. The zero-order chi connectivity index (χ0) is 14.4. The monoisotopic (exact) mass is 278 g/mol. The van der Waals surface area contributed by atoms with Gasteiger partial charge in [-0.2, -0.15) is 0 Å². The molecule has 4 nitrogen and oxygen atoms in total. The summed E-state index contributed by atoms with van der Waals surface area (Å²) in [4.78, 5) is 2.46. The maximum absolute atomic E-state index is 6.30. The van der Waals surface area contributed by atoms with Crippen LogP contribution in [0.5, 0.6) is 5.75 Å². The molecule has 1 aromatic rings. The molecule has 1 saturated heterocycles. The van der Waals surface area contributed by atoms with Gasteiger partial charge in [0.25, 0.3) is 0 Å². The predicted octanol–water partition coefficient (Wildman–Crippen LogP) is 2.05. The van der Waals surface area contributed by atoms with Crippen molar-refractivity contribution in [3.05, 3.63) is 29.8 Å². The number of hydrogen-bond donors (Lipinski definition) is 1. The third-order valence-electron chi connectivity index (χ3n) is 4.11. The van der Waals surface area contributed by atoms with Crippen LogP contribution < -0.4 is 10.5 Å². The van der Waals surface area contributed by atoms with E-state index in [0.717, 1.165) is 32.0 Å². The van der Waals surface area contributed by atoms with Crippen LogP contribution in [0.15, 0.2) is 24.3 Å². The number of benzene rings is 1. The minimum Gasteiger partial charge on any atom is -0.497 e. The van der Waals surface area contributed by atoms with Crippen LogP contribution in [0.3, 0.4) is 0 Å². The molecule has 0 amide bonds. The standard InChI is InChI=1S/C16H26N2O2/c1-19-12-13-7-9-18(10-8-13)11-16(17)14-3-5-15(20-2)6-4-14/h3-6,13,16H,7-12,17H2,1-2H3. The Morgan fingerprint density at radius 1 is 1.20 bits per heavy atom. The van der Waals surface area contributed by atoms with Crippen molar-refractivity contribution in [3.8, 4) is 5.75 Å². The van der Waals surface area contributed by atoms with Crippen LogP contribution in [0.1, 0.15) is 24.4 Å². The summed E-state index contributed by atoms with van der Waals surface area (Å²) < 4.78 is 10.4. The van der Waals surface area contributed by atoms with Crippen molar-refractivity contribution >= 4 is 0 Å². The molecular weight excluding hydrogens is 252 g/mol. The average molecular weight is 278 g/mol. The third-order valence-corrected chi connectivity index (χ3v) is 4.11. The number of rotatable bonds is 6. The summed E-state index contributed by atoms with van der Waals surface area (Å²) in [5.74, 6) is 1.59. The topological polar surface area (TPSA) is 47.7 Å². The molecule has 1 unspecified atom stereocenters. The lowest BCUT2D eigenvalue weighted by Crippen LogP contribution is -2.39. The molecule has 1 heterocycles. The highest BCUT2D eigenvalue weighted by atomic mass is 16.5. The van der Waals surface area contributed by atoms with Gasteiger partial charge in [0.1, 0.15) is 5.75 Å². The number of piperidine rings is 1. The number of nitrogens with two attached hydrogens (primary N) is 1. The fourth-order valence-corrected chi connectivity index (χ4v) is 2.81. The van der Waals surface area contributed by atoms with E-state index in [2.05, 4.69) is 17.0 Å². The van der Waals surface area contributed by atoms with Crippen molar-refractivity contribution in [2.75, 3.05) is 40.5 Å². The Morgan fingerprint density at radius 2 is 1.85 bits per heavy atom. The van der Waals surface area contributed by atoms with Gasteiger partial charge in [-0.1, -0.05) is 12.1 Å². The SMILES string of the molecule is COCC1CCN(CC(N)c2ccc(OC)cc2)CC1. The molecule has 1 aliphatic rings. The lowest BCUT2D eigenvalue weighted by atomic mass is 9.97. The largest absolute Gasteiger partial charge is 0.497 e. The Bertz CT molecular complexity index is 386. The number of nitrogens with zero attached hydrogens (tertiary/aromatic N) is 1. The fourth-order valence-electron chi connectivity index (χ4n) is 2.81. The molecule has 4 heteroatoms. The normalized spacial score (nSPS) is 18.9. The molecule has 2 N–H and O–H groups in total. The molecule has 0 saturated carbocycles. The first kappa shape index (κ1) is 15.3. The Hall–Kier alpha value is -1.10. The van der Waals surface area contributed by atoms with Crippen LogP contribution in [0.25, 0.3) is 0 Å². The maximum atomic E-state index is 6.30. The first-order chi connectivity index (χ1) is 9.72. The van der Waals surface area contributed by atoms with Gasteiger partial charge in [0, 0.05) is 26.3 Å². The quantitative estimate of drug-likeness (QED) is 0.865. The van der Waals surface area contributed by atoms with Crippen LogP contribution in [0.4, 0.5) is 0 Å². The van der Waals surface area contributed by atoms with E-state index in [4.69, 9.17) is 15.2 Å². The van der Waals surface area contributed by atoms with E-state index in [0.29, 0.717) is 5.92 Å². The second-order valence-corrected chi connectivity index (χ2v) is 5.58. The summed E-state index contributed by atoms with van der Waals surface area (Å²) in [6.07, 6.45) is 2.42. The zero-order valence-electron chi connectivity index (χ0n) is 12.5. The van der Waals surface area contributed by atoms with Crippen molar-refractivity contribution in [2.24, 2.45) is 11.7 Å². The van der Waals surface area contributed by atoms with Crippen molar-refractivity contribution in [2.45, 2.75) is 18.9 Å². The number of likely N-dealkylation sites (tertiary alicyclic amines) is 1.